The van der Waals surface area contributed by atoms with E-state index in [0.29, 0.717) is 17.7 Å². The van der Waals surface area contributed by atoms with Crippen LogP contribution in [-0.4, -0.2) is 30.1 Å². The van der Waals surface area contributed by atoms with Crippen molar-refractivity contribution in [2.24, 2.45) is 5.73 Å². The summed E-state index contributed by atoms with van der Waals surface area (Å²) >= 11 is 3.19. The predicted octanol–water partition coefficient (Wildman–Crippen LogP) is 2.61. The van der Waals surface area contributed by atoms with Gasteiger partial charge in [0.05, 0.1) is 10.2 Å². The molecule has 1 fully saturated rings. The number of hydrogen-bond acceptors (Lipinski definition) is 3. The van der Waals surface area contributed by atoms with Gasteiger partial charge in [0.25, 0.3) is 0 Å². The minimum atomic E-state index is -0.387. The second-order valence-corrected chi connectivity index (χ2v) is 5.82. The largest absolute Gasteiger partial charge is 0.396 e. The van der Waals surface area contributed by atoms with Gasteiger partial charge in [0.15, 0.2) is 5.82 Å². The lowest BCUT2D eigenvalue weighted by Gasteiger charge is -2.37. The van der Waals surface area contributed by atoms with E-state index in [1.165, 1.54) is 0 Å². The highest BCUT2D eigenvalue weighted by Gasteiger charge is 2.26. The fourth-order valence-electron chi connectivity index (χ4n) is 2.74. The zero-order valence-corrected chi connectivity index (χ0v) is 12.8. The first-order chi connectivity index (χ1) is 9.56. The highest BCUT2D eigenvalue weighted by Crippen LogP contribution is 2.33. The predicted molar refractivity (Wildman–Crippen MR) is 81.8 cm³/mol. The molecule has 0 aliphatic carbocycles. The van der Waals surface area contributed by atoms with Crippen molar-refractivity contribution in [3.63, 3.8) is 0 Å². The molecule has 1 saturated heterocycles. The van der Waals surface area contributed by atoms with E-state index < -0.39 is 0 Å². The molecule has 4 nitrogen and oxygen atoms in total. The van der Waals surface area contributed by atoms with Crippen molar-refractivity contribution >= 4 is 27.5 Å². The second-order valence-electron chi connectivity index (χ2n) is 5.03. The van der Waals surface area contributed by atoms with Crippen LogP contribution in [0.5, 0.6) is 0 Å². The third kappa shape index (κ3) is 2.96. The van der Waals surface area contributed by atoms with Gasteiger partial charge in [-0.3, -0.25) is 5.41 Å². The van der Waals surface area contributed by atoms with Gasteiger partial charge in [0, 0.05) is 24.8 Å². The molecule has 2 rings (SSSR count). The molecule has 1 atom stereocenters. The number of hydrogen-bond donors (Lipinski definition) is 3. The Morgan fingerprint density at radius 2 is 2.25 bits per heavy atom. The molecule has 110 valence electrons. The van der Waals surface area contributed by atoms with Crippen molar-refractivity contribution in [3.8, 4) is 0 Å². The second kappa shape index (κ2) is 6.54. The van der Waals surface area contributed by atoms with Gasteiger partial charge >= 0.3 is 0 Å². The lowest BCUT2D eigenvalue weighted by molar-refractivity contribution is 0.262. The van der Waals surface area contributed by atoms with Crippen LogP contribution in [0.3, 0.4) is 0 Å². The first kappa shape index (κ1) is 15.3. The van der Waals surface area contributed by atoms with Crippen LogP contribution in [0.15, 0.2) is 16.6 Å². The molecule has 1 unspecified atom stereocenters. The summed E-state index contributed by atoms with van der Waals surface area (Å²) in [5.41, 5.74) is 6.30. The van der Waals surface area contributed by atoms with E-state index in [9.17, 15) is 4.39 Å². The van der Waals surface area contributed by atoms with Crippen molar-refractivity contribution in [1.29, 1.82) is 5.41 Å². The molecule has 1 aliphatic heterocycles. The first-order valence-electron chi connectivity index (χ1n) is 6.76. The van der Waals surface area contributed by atoms with Gasteiger partial charge in [-0.15, -0.1) is 0 Å². The Bertz CT molecular complexity index is 507. The molecule has 1 aromatic rings. The fraction of sp³-hybridized carbons (Fsp3) is 0.500. The minimum absolute atomic E-state index is 0.107. The van der Waals surface area contributed by atoms with Gasteiger partial charge in [-0.05, 0) is 53.7 Å². The van der Waals surface area contributed by atoms with Gasteiger partial charge in [0.1, 0.15) is 5.84 Å². The molecule has 0 radical (unpaired) electrons. The number of rotatable bonds is 4. The Labute approximate surface area is 126 Å². The summed E-state index contributed by atoms with van der Waals surface area (Å²) < 4.78 is 14.7. The van der Waals surface area contributed by atoms with Crippen molar-refractivity contribution in [2.45, 2.75) is 31.7 Å². The van der Waals surface area contributed by atoms with Crippen molar-refractivity contribution in [3.05, 3.63) is 28.0 Å². The van der Waals surface area contributed by atoms with E-state index in [4.69, 9.17) is 16.2 Å². The number of halogens is 2. The molecular weight excluding hydrogens is 325 g/mol. The standard InChI is InChI=1S/C14H19BrFN3O/c15-12-10(14(17)18)4-5-11(13(12)16)19-7-2-1-3-9(19)6-8-20/h4-5,9,20H,1-3,6-8H2,(H3,17,18). The smallest absolute Gasteiger partial charge is 0.161 e. The Hall–Kier alpha value is -1.14. The molecule has 4 N–H and O–H groups in total. The summed E-state index contributed by atoms with van der Waals surface area (Å²) in [5, 5.41) is 16.6. The van der Waals surface area contributed by atoms with E-state index in [1.54, 1.807) is 12.1 Å². The third-order valence-electron chi connectivity index (χ3n) is 3.75. The van der Waals surface area contributed by atoms with E-state index in [0.717, 1.165) is 25.8 Å². The van der Waals surface area contributed by atoms with Crippen molar-refractivity contribution in [1.82, 2.24) is 0 Å². The number of nitrogens with one attached hydrogen (secondary N) is 1. The number of piperidine rings is 1. The average molecular weight is 344 g/mol. The van der Waals surface area contributed by atoms with Gasteiger partial charge in [0.2, 0.25) is 0 Å². The van der Waals surface area contributed by atoms with Gasteiger partial charge in [-0.2, -0.15) is 0 Å². The lowest BCUT2D eigenvalue weighted by atomic mass is 9.98. The zero-order valence-electron chi connectivity index (χ0n) is 11.2. The highest BCUT2D eigenvalue weighted by molar-refractivity contribution is 9.10. The number of benzene rings is 1. The third-order valence-corrected chi connectivity index (χ3v) is 4.53. The zero-order chi connectivity index (χ0) is 14.7. The number of nitrogens with zero attached hydrogens (tertiary/aromatic N) is 1. The van der Waals surface area contributed by atoms with Crippen LogP contribution < -0.4 is 10.6 Å². The van der Waals surface area contributed by atoms with Crippen molar-refractivity contribution < 1.29 is 9.50 Å². The quantitative estimate of drug-likeness (QED) is 0.581. The van der Waals surface area contributed by atoms with Crippen LogP contribution in [0.2, 0.25) is 0 Å². The number of aliphatic hydroxyl groups excluding tert-OH is 1. The number of nitrogen functional groups attached to an aromatic ring is 1. The molecule has 20 heavy (non-hydrogen) atoms. The molecule has 0 spiro atoms. The summed E-state index contributed by atoms with van der Waals surface area (Å²) in [6.07, 6.45) is 3.74. The van der Waals surface area contributed by atoms with Crippen LogP contribution in [0, 0.1) is 11.2 Å². The molecule has 1 heterocycles. The molecule has 0 aromatic heterocycles. The van der Waals surface area contributed by atoms with Gasteiger partial charge < -0.3 is 15.7 Å². The molecule has 0 amide bonds. The summed E-state index contributed by atoms with van der Waals surface area (Å²) in [4.78, 5) is 2.02. The van der Waals surface area contributed by atoms with E-state index in [1.807, 2.05) is 4.90 Å². The van der Waals surface area contributed by atoms with Crippen molar-refractivity contribution in [2.75, 3.05) is 18.1 Å². The van der Waals surface area contributed by atoms with Crippen LogP contribution in [-0.2, 0) is 0 Å². The summed E-state index contributed by atoms with van der Waals surface area (Å²) in [6.45, 7) is 0.892. The number of nitrogens with two attached hydrogens (primary N) is 1. The molecule has 1 aliphatic rings. The summed E-state index contributed by atoms with van der Waals surface area (Å²) in [5.74, 6) is -0.546. The fourth-order valence-corrected chi connectivity index (χ4v) is 3.28. The molecule has 1 aromatic carbocycles. The maximum Gasteiger partial charge on any atom is 0.161 e. The van der Waals surface area contributed by atoms with Crippen LogP contribution in [0.4, 0.5) is 10.1 Å². The Kier molecular flexibility index (Phi) is 4.99. The molecule has 0 saturated carbocycles. The summed E-state index contributed by atoms with van der Waals surface area (Å²) in [6, 6.07) is 3.50. The maximum absolute atomic E-state index is 14.5. The monoisotopic (exact) mass is 343 g/mol. The first-order valence-corrected chi connectivity index (χ1v) is 7.55. The van der Waals surface area contributed by atoms with Crippen LogP contribution in [0.1, 0.15) is 31.2 Å². The molecular formula is C14H19BrFN3O. The molecule has 6 heteroatoms. The Morgan fingerprint density at radius 3 is 2.90 bits per heavy atom. The lowest BCUT2D eigenvalue weighted by Crippen LogP contribution is -2.40. The normalized spacial score (nSPS) is 19.1. The Balaban J connectivity index is 2.36. The Morgan fingerprint density at radius 1 is 1.50 bits per heavy atom. The topological polar surface area (TPSA) is 73.3 Å². The number of anilines is 1. The minimum Gasteiger partial charge on any atom is -0.396 e. The van der Waals surface area contributed by atoms with E-state index in [-0.39, 0.29) is 28.8 Å². The van der Waals surface area contributed by atoms with E-state index in [2.05, 4.69) is 15.9 Å². The summed E-state index contributed by atoms with van der Waals surface area (Å²) in [7, 11) is 0. The highest BCUT2D eigenvalue weighted by atomic mass is 79.9. The SMILES string of the molecule is N=C(N)c1ccc(N2CCCCC2CCO)c(F)c1Br. The maximum atomic E-state index is 14.5. The van der Waals surface area contributed by atoms with Gasteiger partial charge in [-0.25, -0.2) is 4.39 Å². The van der Waals surface area contributed by atoms with Crippen LogP contribution in [0.25, 0.3) is 0 Å². The van der Waals surface area contributed by atoms with Gasteiger partial charge in [-0.1, -0.05) is 0 Å². The molecule has 0 bridgehead atoms. The van der Waals surface area contributed by atoms with E-state index >= 15 is 0 Å². The number of aliphatic hydroxyl groups is 1. The average Bonchev–Trinajstić information content (AvgIpc) is 2.43. The van der Waals surface area contributed by atoms with Crippen LogP contribution >= 0.6 is 15.9 Å². The number of amidine groups is 1.